The highest BCUT2D eigenvalue weighted by molar-refractivity contribution is 7.89. The van der Waals surface area contributed by atoms with E-state index < -0.39 is 16.1 Å². The quantitative estimate of drug-likeness (QED) is 0.679. The van der Waals surface area contributed by atoms with E-state index >= 15 is 0 Å². The number of nitrogens with two attached hydrogens (primary N) is 1. The fourth-order valence-electron chi connectivity index (χ4n) is 2.21. The number of rotatable bonds is 6. The molecule has 2 aromatic rings. The standard InChI is InChI=1S/C11H17N7O2S/c1-7(11-13-16-17-14-11)15-21(19,20)10-4-9(5-12)18(6-10)8-2-3-8/h4,6-8,15H,2-3,5,12H2,1H3,(H,13,14,16,17). The molecule has 1 atom stereocenters. The van der Waals surface area contributed by atoms with Crippen LogP contribution in [0, 0.1) is 0 Å². The van der Waals surface area contributed by atoms with Gasteiger partial charge in [-0.15, -0.1) is 10.2 Å². The molecule has 21 heavy (non-hydrogen) atoms. The van der Waals surface area contributed by atoms with Crippen LogP contribution in [0.4, 0.5) is 0 Å². The Balaban J connectivity index is 1.84. The van der Waals surface area contributed by atoms with Crippen molar-refractivity contribution in [2.24, 2.45) is 5.73 Å². The highest BCUT2D eigenvalue weighted by Gasteiger charge is 2.29. The molecular weight excluding hydrogens is 294 g/mol. The van der Waals surface area contributed by atoms with E-state index in [0.717, 1.165) is 18.5 Å². The van der Waals surface area contributed by atoms with Gasteiger partial charge in [-0.25, -0.2) is 13.1 Å². The fourth-order valence-corrected chi connectivity index (χ4v) is 3.46. The van der Waals surface area contributed by atoms with E-state index in [2.05, 4.69) is 25.3 Å². The minimum Gasteiger partial charge on any atom is -0.346 e. The van der Waals surface area contributed by atoms with Crippen molar-refractivity contribution in [2.45, 2.75) is 43.3 Å². The Morgan fingerprint density at radius 2 is 2.33 bits per heavy atom. The van der Waals surface area contributed by atoms with Crippen LogP contribution in [0.15, 0.2) is 17.2 Å². The van der Waals surface area contributed by atoms with Crippen LogP contribution in [0.2, 0.25) is 0 Å². The molecular formula is C11H17N7O2S. The number of tetrazole rings is 1. The smallest absolute Gasteiger partial charge is 0.242 e. The molecule has 0 amide bonds. The average molecular weight is 311 g/mol. The lowest BCUT2D eigenvalue weighted by Gasteiger charge is -2.09. The minimum absolute atomic E-state index is 0.213. The highest BCUT2D eigenvalue weighted by Crippen LogP contribution is 2.37. The van der Waals surface area contributed by atoms with Crippen LogP contribution >= 0.6 is 0 Å². The molecule has 0 aliphatic heterocycles. The number of hydrogen-bond donors (Lipinski definition) is 3. The molecule has 2 heterocycles. The monoisotopic (exact) mass is 311 g/mol. The van der Waals surface area contributed by atoms with Crippen LogP contribution in [-0.2, 0) is 16.6 Å². The van der Waals surface area contributed by atoms with Crippen molar-refractivity contribution >= 4 is 10.0 Å². The average Bonchev–Trinajstić information content (AvgIpc) is 2.98. The number of nitrogens with one attached hydrogen (secondary N) is 2. The third-order valence-electron chi connectivity index (χ3n) is 3.45. The summed E-state index contributed by atoms with van der Waals surface area (Å²) in [6, 6.07) is 1.42. The summed E-state index contributed by atoms with van der Waals surface area (Å²) in [4.78, 5) is 0.213. The molecule has 10 heteroatoms. The molecule has 114 valence electrons. The third-order valence-corrected chi connectivity index (χ3v) is 4.96. The van der Waals surface area contributed by atoms with E-state index in [1.807, 2.05) is 4.57 Å². The second-order valence-corrected chi connectivity index (χ2v) is 6.84. The molecule has 1 saturated carbocycles. The summed E-state index contributed by atoms with van der Waals surface area (Å²) in [6.07, 6.45) is 3.77. The molecule has 1 fully saturated rings. The lowest BCUT2D eigenvalue weighted by Crippen LogP contribution is -2.27. The molecule has 1 unspecified atom stereocenters. The van der Waals surface area contributed by atoms with E-state index in [0.29, 0.717) is 18.4 Å². The first-order valence-electron chi connectivity index (χ1n) is 6.68. The van der Waals surface area contributed by atoms with Gasteiger partial charge in [0.05, 0.1) is 10.9 Å². The summed E-state index contributed by atoms with van der Waals surface area (Å²) in [5.74, 6) is 0.291. The van der Waals surface area contributed by atoms with Crippen molar-refractivity contribution in [3.63, 3.8) is 0 Å². The molecule has 9 nitrogen and oxygen atoms in total. The Labute approximate surface area is 122 Å². The molecule has 4 N–H and O–H groups in total. The first-order chi connectivity index (χ1) is 10.0. The Kier molecular flexibility index (Phi) is 3.51. The molecule has 3 rings (SSSR count). The Morgan fingerprint density at radius 3 is 2.90 bits per heavy atom. The van der Waals surface area contributed by atoms with Crippen LogP contribution in [0.1, 0.15) is 43.4 Å². The highest BCUT2D eigenvalue weighted by atomic mass is 32.2. The number of sulfonamides is 1. The molecule has 0 aromatic carbocycles. The molecule has 0 spiro atoms. The minimum atomic E-state index is -3.65. The van der Waals surface area contributed by atoms with Crippen LogP contribution in [0.5, 0.6) is 0 Å². The van der Waals surface area contributed by atoms with Crippen LogP contribution in [0.3, 0.4) is 0 Å². The largest absolute Gasteiger partial charge is 0.346 e. The zero-order valence-corrected chi connectivity index (χ0v) is 12.3. The fraction of sp³-hybridized carbons (Fsp3) is 0.545. The zero-order valence-electron chi connectivity index (χ0n) is 11.5. The number of nitrogens with zero attached hydrogens (tertiary/aromatic N) is 4. The molecule has 0 bridgehead atoms. The summed E-state index contributed by atoms with van der Waals surface area (Å²) in [6.45, 7) is 1.97. The lowest BCUT2D eigenvalue weighted by atomic mass is 10.4. The van der Waals surface area contributed by atoms with Gasteiger partial charge in [-0.05, 0) is 25.8 Å². The van der Waals surface area contributed by atoms with E-state index in [1.54, 1.807) is 19.2 Å². The van der Waals surface area contributed by atoms with Gasteiger partial charge in [-0.1, -0.05) is 5.21 Å². The van der Waals surface area contributed by atoms with Gasteiger partial charge in [-0.2, -0.15) is 5.21 Å². The normalized spacial score (nSPS) is 17.0. The van der Waals surface area contributed by atoms with Gasteiger partial charge in [0.1, 0.15) is 0 Å². The maximum Gasteiger partial charge on any atom is 0.242 e. The van der Waals surface area contributed by atoms with Gasteiger partial charge in [0.25, 0.3) is 0 Å². The second kappa shape index (κ2) is 5.20. The molecule has 1 aliphatic carbocycles. The molecule has 0 saturated heterocycles. The SMILES string of the molecule is CC(NS(=O)(=O)c1cc(CN)n(C2CC2)c1)c1nn[nH]n1. The summed E-state index contributed by atoms with van der Waals surface area (Å²) >= 11 is 0. The van der Waals surface area contributed by atoms with Crippen LogP contribution < -0.4 is 10.5 Å². The maximum absolute atomic E-state index is 12.4. The van der Waals surface area contributed by atoms with Crippen molar-refractivity contribution in [2.75, 3.05) is 0 Å². The first kappa shape index (κ1) is 14.2. The van der Waals surface area contributed by atoms with Gasteiger partial charge in [0.15, 0.2) is 5.82 Å². The van der Waals surface area contributed by atoms with Crippen molar-refractivity contribution in [3.05, 3.63) is 23.8 Å². The lowest BCUT2D eigenvalue weighted by molar-refractivity contribution is 0.559. The van der Waals surface area contributed by atoms with Crippen LogP contribution in [-0.4, -0.2) is 33.6 Å². The number of hydrogen-bond acceptors (Lipinski definition) is 6. The Hall–Kier alpha value is -1.78. The predicted molar refractivity (Wildman–Crippen MR) is 73.5 cm³/mol. The first-order valence-corrected chi connectivity index (χ1v) is 8.16. The van der Waals surface area contributed by atoms with Gasteiger partial charge in [0, 0.05) is 24.5 Å². The third kappa shape index (κ3) is 2.82. The van der Waals surface area contributed by atoms with Gasteiger partial charge in [-0.3, -0.25) is 0 Å². The predicted octanol–water partition coefficient (Wildman–Crippen LogP) is -0.166. The molecule has 2 aromatic heterocycles. The van der Waals surface area contributed by atoms with Gasteiger partial charge in [0.2, 0.25) is 10.0 Å². The summed E-state index contributed by atoms with van der Waals surface area (Å²) in [7, 11) is -3.65. The van der Waals surface area contributed by atoms with E-state index in [4.69, 9.17) is 5.73 Å². The Bertz CT molecular complexity index is 718. The summed E-state index contributed by atoms with van der Waals surface area (Å²) in [5, 5.41) is 13.3. The molecule has 1 aliphatic rings. The zero-order chi connectivity index (χ0) is 15.0. The van der Waals surface area contributed by atoms with Crippen molar-refractivity contribution in [1.82, 2.24) is 29.9 Å². The maximum atomic E-state index is 12.4. The second-order valence-electron chi connectivity index (χ2n) is 5.12. The van der Waals surface area contributed by atoms with Gasteiger partial charge < -0.3 is 10.3 Å². The Morgan fingerprint density at radius 1 is 1.57 bits per heavy atom. The van der Waals surface area contributed by atoms with Crippen LogP contribution in [0.25, 0.3) is 0 Å². The molecule has 0 radical (unpaired) electrons. The number of aromatic nitrogens is 5. The van der Waals surface area contributed by atoms with E-state index in [1.165, 1.54) is 0 Å². The van der Waals surface area contributed by atoms with Crippen molar-refractivity contribution < 1.29 is 8.42 Å². The summed E-state index contributed by atoms with van der Waals surface area (Å²) in [5.41, 5.74) is 6.51. The van der Waals surface area contributed by atoms with Crippen molar-refractivity contribution in [3.8, 4) is 0 Å². The number of H-pyrrole nitrogens is 1. The summed E-state index contributed by atoms with van der Waals surface area (Å²) < 4.78 is 29.3. The van der Waals surface area contributed by atoms with Crippen molar-refractivity contribution in [1.29, 1.82) is 0 Å². The number of aromatic amines is 1. The topological polar surface area (TPSA) is 132 Å². The van der Waals surface area contributed by atoms with E-state index in [-0.39, 0.29) is 4.90 Å². The van der Waals surface area contributed by atoms with Gasteiger partial charge >= 0.3 is 0 Å². The van der Waals surface area contributed by atoms with E-state index in [9.17, 15) is 8.42 Å².